The van der Waals surface area contributed by atoms with Gasteiger partial charge in [0.25, 0.3) is 0 Å². The lowest BCUT2D eigenvalue weighted by Gasteiger charge is -2.06. The zero-order valence-electron chi connectivity index (χ0n) is 10.9. The van der Waals surface area contributed by atoms with Crippen molar-refractivity contribution in [1.82, 2.24) is 5.32 Å². The molecule has 0 saturated carbocycles. The molecule has 0 saturated heterocycles. The fraction of sp³-hybridized carbons (Fsp3) is 0.786. The number of carbonyl (C=O) groups is 1. The number of Topliss-reactive ketones (excluding diaryl/α,β-unsaturated/α-hetero) is 1. The minimum absolute atomic E-state index is 0.421. The third-order valence-electron chi connectivity index (χ3n) is 2.55. The average Bonchev–Trinajstić information content (AvgIpc) is 2.24. The normalized spacial score (nSPS) is 10.7. The van der Waals surface area contributed by atoms with Gasteiger partial charge in [-0.1, -0.05) is 26.3 Å². The first-order valence-corrected chi connectivity index (χ1v) is 6.52. The summed E-state index contributed by atoms with van der Waals surface area (Å²) < 4.78 is 0. The van der Waals surface area contributed by atoms with E-state index in [1.54, 1.807) is 0 Å². The summed E-state index contributed by atoms with van der Waals surface area (Å²) in [5, 5.41) is 3.32. The Morgan fingerprint density at radius 3 is 2.50 bits per heavy atom. The molecule has 2 nitrogen and oxygen atoms in total. The van der Waals surface area contributed by atoms with Crippen LogP contribution in [0.5, 0.6) is 0 Å². The average molecular weight is 225 g/mol. The van der Waals surface area contributed by atoms with Crippen molar-refractivity contribution in [2.45, 2.75) is 64.8 Å². The highest BCUT2D eigenvalue weighted by molar-refractivity contribution is 5.78. The second kappa shape index (κ2) is 10.9. The van der Waals surface area contributed by atoms with Gasteiger partial charge in [0.2, 0.25) is 0 Å². The Bertz CT molecular complexity index is 187. The molecule has 0 rings (SSSR count). The van der Waals surface area contributed by atoms with Crippen molar-refractivity contribution in [1.29, 1.82) is 0 Å². The molecule has 1 N–H and O–H groups in total. The zero-order valence-corrected chi connectivity index (χ0v) is 10.9. The fourth-order valence-corrected chi connectivity index (χ4v) is 1.59. The number of allylic oxidation sites excluding steroid dienone is 1. The maximum atomic E-state index is 11.5. The summed E-state index contributed by atoms with van der Waals surface area (Å²) in [4.78, 5) is 11.5. The number of rotatable bonds is 11. The third kappa shape index (κ3) is 11.4. The van der Waals surface area contributed by atoms with Gasteiger partial charge in [0.1, 0.15) is 5.78 Å². The number of hydrogen-bond acceptors (Lipinski definition) is 2. The molecule has 0 aliphatic heterocycles. The highest BCUT2D eigenvalue weighted by Gasteiger charge is 2.01. The fourth-order valence-electron chi connectivity index (χ4n) is 1.59. The highest BCUT2D eigenvalue weighted by Crippen LogP contribution is 2.06. The van der Waals surface area contributed by atoms with Crippen molar-refractivity contribution in [3.63, 3.8) is 0 Å². The van der Waals surface area contributed by atoms with Gasteiger partial charge in [-0.15, -0.1) is 6.58 Å². The van der Waals surface area contributed by atoms with Crippen LogP contribution in [0, 0.1) is 0 Å². The monoisotopic (exact) mass is 225 g/mol. The first kappa shape index (κ1) is 15.4. The van der Waals surface area contributed by atoms with Crippen LogP contribution in [-0.2, 0) is 4.79 Å². The van der Waals surface area contributed by atoms with Crippen LogP contribution >= 0.6 is 0 Å². The summed E-state index contributed by atoms with van der Waals surface area (Å²) in [6, 6.07) is 0.522. The number of hydrogen-bond donors (Lipinski definition) is 1. The Hall–Kier alpha value is -0.630. The summed E-state index contributed by atoms with van der Waals surface area (Å²) in [6.45, 7) is 8.89. The van der Waals surface area contributed by atoms with Crippen molar-refractivity contribution >= 4 is 5.78 Å². The molecular formula is C14H27NO. The topological polar surface area (TPSA) is 29.1 Å². The van der Waals surface area contributed by atoms with Crippen molar-refractivity contribution in [2.75, 3.05) is 6.54 Å². The van der Waals surface area contributed by atoms with E-state index in [-0.39, 0.29) is 0 Å². The molecule has 0 aromatic carbocycles. The van der Waals surface area contributed by atoms with Gasteiger partial charge >= 0.3 is 0 Å². The summed E-state index contributed by atoms with van der Waals surface area (Å²) >= 11 is 0. The Labute approximate surface area is 101 Å². The van der Waals surface area contributed by atoms with E-state index in [0.717, 1.165) is 45.1 Å². The quantitative estimate of drug-likeness (QED) is 0.431. The SMILES string of the molecule is C=CCCCCCC(=O)CCCNC(C)C. The predicted molar refractivity (Wildman–Crippen MR) is 70.7 cm³/mol. The van der Waals surface area contributed by atoms with E-state index >= 15 is 0 Å². The molecule has 2 heteroatoms. The first-order valence-electron chi connectivity index (χ1n) is 6.52. The lowest BCUT2D eigenvalue weighted by Crippen LogP contribution is -2.24. The van der Waals surface area contributed by atoms with Gasteiger partial charge in [0.05, 0.1) is 0 Å². The molecule has 0 aromatic rings. The van der Waals surface area contributed by atoms with Crippen LogP contribution in [0.4, 0.5) is 0 Å². The maximum absolute atomic E-state index is 11.5. The van der Waals surface area contributed by atoms with E-state index in [1.165, 1.54) is 6.42 Å². The van der Waals surface area contributed by atoms with Crippen LogP contribution in [0.3, 0.4) is 0 Å². The zero-order chi connectivity index (χ0) is 12.2. The first-order chi connectivity index (χ1) is 7.66. The molecule has 94 valence electrons. The number of nitrogens with one attached hydrogen (secondary N) is 1. The second-order valence-corrected chi connectivity index (χ2v) is 4.64. The van der Waals surface area contributed by atoms with Crippen LogP contribution in [-0.4, -0.2) is 18.4 Å². The van der Waals surface area contributed by atoms with Gasteiger partial charge in [0, 0.05) is 18.9 Å². The molecule has 0 atom stereocenters. The summed E-state index contributed by atoms with van der Waals surface area (Å²) in [5.74, 6) is 0.421. The molecule has 0 unspecified atom stereocenters. The highest BCUT2D eigenvalue weighted by atomic mass is 16.1. The molecule has 0 radical (unpaired) electrons. The Morgan fingerprint density at radius 2 is 1.88 bits per heavy atom. The van der Waals surface area contributed by atoms with E-state index in [4.69, 9.17) is 0 Å². The molecule has 0 aliphatic rings. The van der Waals surface area contributed by atoms with Crippen LogP contribution in [0.15, 0.2) is 12.7 Å². The number of ketones is 1. The number of carbonyl (C=O) groups excluding carboxylic acids is 1. The van der Waals surface area contributed by atoms with E-state index in [2.05, 4.69) is 25.7 Å². The molecule has 0 fully saturated rings. The van der Waals surface area contributed by atoms with Gasteiger partial charge in [-0.3, -0.25) is 4.79 Å². The number of unbranched alkanes of at least 4 members (excludes halogenated alkanes) is 3. The van der Waals surface area contributed by atoms with Gasteiger partial charge in [-0.25, -0.2) is 0 Å². The van der Waals surface area contributed by atoms with Crippen molar-refractivity contribution in [2.24, 2.45) is 0 Å². The van der Waals surface area contributed by atoms with Crippen LogP contribution in [0.1, 0.15) is 58.8 Å². The van der Waals surface area contributed by atoms with E-state index in [1.807, 2.05) is 6.08 Å². The van der Waals surface area contributed by atoms with Gasteiger partial charge in [0.15, 0.2) is 0 Å². The summed E-state index contributed by atoms with van der Waals surface area (Å²) in [6.07, 6.45) is 8.87. The predicted octanol–water partition coefficient (Wildman–Crippen LogP) is 3.47. The van der Waals surface area contributed by atoms with Crippen molar-refractivity contribution in [3.05, 3.63) is 12.7 Å². The van der Waals surface area contributed by atoms with E-state index < -0.39 is 0 Å². The molecule has 0 heterocycles. The maximum Gasteiger partial charge on any atom is 0.132 e. The van der Waals surface area contributed by atoms with Crippen LogP contribution < -0.4 is 5.32 Å². The Balaban J connectivity index is 3.21. The van der Waals surface area contributed by atoms with Gasteiger partial charge in [-0.2, -0.15) is 0 Å². The minimum Gasteiger partial charge on any atom is -0.315 e. The minimum atomic E-state index is 0.421. The lowest BCUT2D eigenvalue weighted by atomic mass is 10.1. The molecule has 16 heavy (non-hydrogen) atoms. The molecule has 0 amide bonds. The molecule has 0 bridgehead atoms. The molecule has 0 aliphatic carbocycles. The third-order valence-corrected chi connectivity index (χ3v) is 2.55. The Morgan fingerprint density at radius 1 is 1.19 bits per heavy atom. The standard InChI is InChI=1S/C14H27NO/c1-4-5-6-7-8-10-14(16)11-9-12-15-13(2)3/h4,13,15H,1,5-12H2,2-3H3. The van der Waals surface area contributed by atoms with Gasteiger partial charge < -0.3 is 5.32 Å². The second-order valence-electron chi connectivity index (χ2n) is 4.64. The van der Waals surface area contributed by atoms with Crippen LogP contribution in [0.2, 0.25) is 0 Å². The lowest BCUT2D eigenvalue weighted by molar-refractivity contribution is -0.119. The van der Waals surface area contributed by atoms with E-state index in [0.29, 0.717) is 11.8 Å². The summed E-state index contributed by atoms with van der Waals surface area (Å²) in [5.41, 5.74) is 0. The summed E-state index contributed by atoms with van der Waals surface area (Å²) in [7, 11) is 0. The van der Waals surface area contributed by atoms with Crippen LogP contribution in [0.25, 0.3) is 0 Å². The van der Waals surface area contributed by atoms with E-state index in [9.17, 15) is 4.79 Å². The largest absolute Gasteiger partial charge is 0.315 e. The van der Waals surface area contributed by atoms with Crippen molar-refractivity contribution < 1.29 is 4.79 Å². The Kier molecular flexibility index (Phi) is 10.4. The molecule has 0 aromatic heterocycles. The van der Waals surface area contributed by atoms with Crippen molar-refractivity contribution in [3.8, 4) is 0 Å². The molecular weight excluding hydrogens is 198 g/mol. The molecule has 0 spiro atoms. The van der Waals surface area contributed by atoms with Gasteiger partial charge in [-0.05, 0) is 32.2 Å². The smallest absolute Gasteiger partial charge is 0.132 e.